The molecular formula is C22H30N6O2. The highest BCUT2D eigenvalue weighted by Crippen LogP contribution is 2.23. The molecule has 3 heterocycles. The Labute approximate surface area is 177 Å². The normalized spacial score (nSPS) is 19.8. The Hall–Kier alpha value is -2.71. The zero-order valence-corrected chi connectivity index (χ0v) is 17.4. The Morgan fingerprint density at radius 2 is 1.93 bits per heavy atom. The van der Waals surface area contributed by atoms with E-state index in [0.29, 0.717) is 18.0 Å². The summed E-state index contributed by atoms with van der Waals surface area (Å²) in [4.78, 5) is 27.3. The van der Waals surface area contributed by atoms with Crippen LogP contribution >= 0.6 is 0 Å². The summed E-state index contributed by atoms with van der Waals surface area (Å²) in [7, 11) is 1.85. The van der Waals surface area contributed by atoms with Crippen molar-refractivity contribution in [2.75, 3.05) is 19.6 Å². The predicted octanol–water partition coefficient (Wildman–Crippen LogP) is 0.998. The molecule has 1 aromatic carbocycles. The number of amides is 2. The number of benzene rings is 1. The molecule has 1 unspecified atom stereocenters. The van der Waals surface area contributed by atoms with E-state index in [1.165, 1.54) is 0 Å². The van der Waals surface area contributed by atoms with E-state index in [9.17, 15) is 9.59 Å². The van der Waals surface area contributed by atoms with Crippen LogP contribution in [0.3, 0.4) is 0 Å². The first kappa shape index (κ1) is 20.6. The molecule has 2 aliphatic heterocycles. The lowest BCUT2D eigenvalue weighted by Crippen LogP contribution is -2.48. The van der Waals surface area contributed by atoms with Gasteiger partial charge in [0.2, 0.25) is 5.91 Å². The number of aryl methyl sites for hydroxylation is 1. The molecule has 0 saturated carbocycles. The topological polar surface area (TPSA) is 91.3 Å². The summed E-state index contributed by atoms with van der Waals surface area (Å²) >= 11 is 0. The lowest BCUT2D eigenvalue weighted by Gasteiger charge is -2.33. The largest absolute Gasteiger partial charge is 0.348 e. The minimum atomic E-state index is -0.0998. The molecular weight excluding hydrogens is 380 g/mol. The molecule has 2 fully saturated rings. The Kier molecular flexibility index (Phi) is 6.44. The molecule has 0 bridgehead atoms. The fourth-order valence-electron chi connectivity index (χ4n) is 4.27. The van der Waals surface area contributed by atoms with Gasteiger partial charge in [-0.15, -0.1) is 0 Å². The first-order chi connectivity index (χ1) is 14.6. The first-order valence-electron chi connectivity index (χ1n) is 10.7. The van der Waals surface area contributed by atoms with Gasteiger partial charge in [-0.2, -0.15) is 5.10 Å². The average molecular weight is 411 g/mol. The van der Waals surface area contributed by atoms with Gasteiger partial charge in [-0.25, -0.2) is 5.43 Å². The lowest BCUT2D eigenvalue weighted by molar-refractivity contribution is -0.134. The number of nitrogens with one attached hydrogen (secondary N) is 3. The number of hydrogen-bond acceptors (Lipinski definition) is 5. The molecule has 4 rings (SSSR count). The molecule has 2 aromatic rings. The summed E-state index contributed by atoms with van der Waals surface area (Å²) in [5.41, 5.74) is 8.64. The van der Waals surface area contributed by atoms with Crippen LogP contribution in [0.15, 0.2) is 36.5 Å². The number of hydrogen-bond donors (Lipinski definition) is 3. The van der Waals surface area contributed by atoms with Crippen LogP contribution in [0.1, 0.15) is 40.9 Å². The van der Waals surface area contributed by atoms with Crippen LogP contribution in [0.5, 0.6) is 0 Å². The van der Waals surface area contributed by atoms with Gasteiger partial charge >= 0.3 is 0 Å². The monoisotopic (exact) mass is 410 g/mol. The smallest absolute Gasteiger partial charge is 0.255 e. The average Bonchev–Trinajstić information content (AvgIpc) is 3.43. The molecule has 0 spiro atoms. The fourth-order valence-corrected chi connectivity index (χ4v) is 4.27. The molecule has 1 aromatic heterocycles. The Morgan fingerprint density at radius 3 is 2.63 bits per heavy atom. The van der Waals surface area contributed by atoms with E-state index in [-0.39, 0.29) is 17.9 Å². The summed E-state index contributed by atoms with van der Waals surface area (Å²) in [5, 5.41) is 7.56. The van der Waals surface area contributed by atoms with Crippen molar-refractivity contribution in [3.05, 3.63) is 53.3 Å². The summed E-state index contributed by atoms with van der Waals surface area (Å²) in [5.74, 6) is 0.533. The van der Waals surface area contributed by atoms with Crippen LogP contribution in [0.2, 0.25) is 0 Å². The van der Waals surface area contributed by atoms with Crippen molar-refractivity contribution in [1.29, 1.82) is 0 Å². The number of rotatable bonds is 6. The molecule has 2 amide bonds. The summed E-state index contributed by atoms with van der Waals surface area (Å²) in [6.07, 6.45) is 5.28. The van der Waals surface area contributed by atoms with E-state index in [0.717, 1.165) is 56.6 Å². The van der Waals surface area contributed by atoms with E-state index in [2.05, 4.69) is 21.3 Å². The molecule has 2 aliphatic rings. The van der Waals surface area contributed by atoms with E-state index in [1.807, 2.05) is 42.3 Å². The Balaban J connectivity index is 1.32. The quantitative estimate of drug-likeness (QED) is 0.661. The van der Waals surface area contributed by atoms with Gasteiger partial charge in [-0.05, 0) is 37.2 Å². The minimum absolute atomic E-state index is 0.0885. The second kappa shape index (κ2) is 9.40. The van der Waals surface area contributed by atoms with Crippen LogP contribution in [0, 0.1) is 5.92 Å². The van der Waals surface area contributed by atoms with Crippen molar-refractivity contribution in [2.45, 2.75) is 38.3 Å². The van der Waals surface area contributed by atoms with Crippen LogP contribution in [0.25, 0.3) is 0 Å². The van der Waals surface area contributed by atoms with Crippen LogP contribution in [-0.4, -0.2) is 52.2 Å². The van der Waals surface area contributed by atoms with Crippen LogP contribution in [0.4, 0.5) is 0 Å². The van der Waals surface area contributed by atoms with Gasteiger partial charge in [0.25, 0.3) is 5.91 Å². The number of piperidine rings is 1. The van der Waals surface area contributed by atoms with Crippen molar-refractivity contribution in [3.8, 4) is 0 Å². The van der Waals surface area contributed by atoms with E-state index in [1.54, 1.807) is 10.9 Å². The standard InChI is InChI=1S/C22H30N6O2/c1-27-15-18(21(29)23-14-17-5-3-2-4-6-17)20(26-27)13-16-8-11-28(12-9-16)22(30)19-7-10-24-25-19/h2-6,15-16,19,24-25H,7-14H2,1H3,(H,23,29). The summed E-state index contributed by atoms with van der Waals surface area (Å²) in [6.45, 7) is 2.87. The molecule has 30 heavy (non-hydrogen) atoms. The van der Waals surface area contributed by atoms with Crippen molar-refractivity contribution in [1.82, 2.24) is 30.8 Å². The van der Waals surface area contributed by atoms with E-state index in [4.69, 9.17) is 0 Å². The number of nitrogens with zero attached hydrogens (tertiary/aromatic N) is 3. The van der Waals surface area contributed by atoms with Gasteiger partial charge in [0.15, 0.2) is 0 Å². The van der Waals surface area contributed by atoms with Crippen molar-refractivity contribution < 1.29 is 9.59 Å². The number of aromatic nitrogens is 2. The van der Waals surface area contributed by atoms with E-state index < -0.39 is 0 Å². The van der Waals surface area contributed by atoms with Crippen molar-refractivity contribution in [3.63, 3.8) is 0 Å². The lowest BCUT2D eigenvalue weighted by atomic mass is 9.90. The molecule has 0 aliphatic carbocycles. The van der Waals surface area contributed by atoms with Gasteiger partial charge in [0.1, 0.15) is 6.04 Å². The van der Waals surface area contributed by atoms with Gasteiger partial charge < -0.3 is 10.2 Å². The molecule has 2 saturated heterocycles. The molecule has 160 valence electrons. The third-order valence-corrected chi connectivity index (χ3v) is 5.99. The van der Waals surface area contributed by atoms with Crippen molar-refractivity contribution >= 4 is 11.8 Å². The maximum Gasteiger partial charge on any atom is 0.255 e. The van der Waals surface area contributed by atoms with E-state index >= 15 is 0 Å². The maximum absolute atomic E-state index is 12.8. The molecule has 3 N–H and O–H groups in total. The minimum Gasteiger partial charge on any atom is -0.348 e. The van der Waals surface area contributed by atoms with Gasteiger partial charge in [0, 0.05) is 39.4 Å². The van der Waals surface area contributed by atoms with Crippen LogP contribution < -0.4 is 16.2 Å². The number of likely N-dealkylation sites (tertiary alicyclic amines) is 1. The summed E-state index contributed by atoms with van der Waals surface area (Å²) < 4.78 is 1.71. The number of carbonyl (C=O) groups excluding carboxylic acids is 2. The zero-order valence-electron chi connectivity index (χ0n) is 17.4. The molecule has 1 atom stereocenters. The summed E-state index contributed by atoms with van der Waals surface area (Å²) in [6, 6.07) is 9.79. The SMILES string of the molecule is Cn1cc(C(=O)NCc2ccccc2)c(CC2CCN(C(=O)C3CCNN3)CC2)n1. The highest BCUT2D eigenvalue weighted by atomic mass is 16.2. The Morgan fingerprint density at radius 1 is 1.17 bits per heavy atom. The van der Waals surface area contributed by atoms with Gasteiger partial charge in [-0.3, -0.25) is 19.7 Å². The van der Waals surface area contributed by atoms with Crippen molar-refractivity contribution in [2.24, 2.45) is 13.0 Å². The predicted molar refractivity (Wildman–Crippen MR) is 113 cm³/mol. The maximum atomic E-state index is 12.8. The van der Waals surface area contributed by atoms with Gasteiger partial charge in [-0.1, -0.05) is 30.3 Å². The van der Waals surface area contributed by atoms with Gasteiger partial charge in [0.05, 0.1) is 11.3 Å². The fraction of sp³-hybridized carbons (Fsp3) is 0.500. The molecule has 8 heteroatoms. The molecule has 8 nitrogen and oxygen atoms in total. The second-order valence-electron chi connectivity index (χ2n) is 8.22. The zero-order chi connectivity index (χ0) is 20.9. The molecule has 0 radical (unpaired) electrons. The second-order valence-corrected chi connectivity index (χ2v) is 8.22. The highest BCUT2D eigenvalue weighted by Gasteiger charge is 2.30. The third-order valence-electron chi connectivity index (χ3n) is 5.99. The number of hydrazine groups is 1. The third kappa shape index (κ3) is 4.88. The Bertz CT molecular complexity index is 867. The number of carbonyl (C=O) groups is 2. The highest BCUT2D eigenvalue weighted by molar-refractivity contribution is 5.95. The first-order valence-corrected chi connectivity index (χ1v) is 10.7. The van der Waals surface area contributed by atoms with Crippen LogP contribution in [-0.2, 0) is 24.8 Å².